The van der Waals surface area contributed by atoms with E-state index in [-0.39, 0.29) is 0 Å². The molecule has 1 heterocycles. The van der Waals surface area contributed by atoms with Crippen LogP contribution in [0, 0.1) is 50.6 Å². The molecule has 0 radical (unpaired) electrons. The van der Waals surface area contributed by atoms with Gasteiger partial charge in [0.25, 0.3) is 0 Å². The minimum Gasteiger partial charge on any atom is -0.256 e. The lowest BCUT2D eigenvalue weighted by Gasteiger charge is -1.93. The summed E-state index contributed by atoms with van der Waals surface area (Å²) in [5.41, 5.74) is 0. The molecule has 98 valence electrons. The standard InChI is InChI=1S/C2N6O10/c9-4(10)1(5(11)12)2(6(13)14,7(15)16)3(1)8(17)18. The second-order valence-corrected chi connectivity index (χ2v) is 2.85. The van der Waals surface area contributed by atoms with Gasteiger partial charge in [0.05, 0.1) is 0 Å². The topological polar surface area (TPSA) is 219 Å². The van der Waals surface area contributed by atoms with Crippen molar-refractivity contribution in [2.75, 3.05) is 0 Å². The van der Waals surface area contributed by atoms with Gasteiger partial charge in [0.1, 0.15) is 19.7 Å². The Bertz CT molecular complexity index is 429. The number of hydrogen-bond acceptors (Lipinski definition) is 10. The van der Waals surface area contributed by atoms with Crippen molar-refractivity contribution in [3.63, 3.8) is 0 Å². The van der Waals surface area contributed by atoms with Gasteiger partial charge in [-0.05, 0) is 0 Å². The van der Waals surface area contributed by atoms with Crippen LogP contribution in [0.5, 0.6) is 0 Å². The van der Waals surface area contributed by atoms with Crippen LogP contribution in [-0.2, 0) is 0 Å². The van der Waals surface area contributed by atoms with E-state index < -0.39 is 41.3 Å². The molecule has 0 unspecified atom stereocenters. The largest absolute Gasteiger partial charge is 0.776 e. The quantitative estimate of drug-likeness (QED) is 0.227. The summed E-state index contributed by atoms with van der Waals surface area (Å²) in [7, 11) is 0. The van der Waals surface area contributed by atoms with Crippen LogP contribution in [0.1, 0.15) is 0 Å². The van der Waals surface area contributed by atoms with Gasteiger partial charge >= 0.3 is 11.6 Å². The first-order valence-electron chi connectivity index (χ1n) is 3.62. The minimum atomic E-state index is -4.27. The fraction of sp³-hybridized carbons (Fsp3) is 1.00. The first-order chi connectivity index (χ1) is 8.09. The van der Waals surface area contributed by atoms with Crippen LogP contribution in [0.4, 0.5) is 0 Å². The van der Waals surface area contributed by atoms with E-state index in [9.17, 15) is 50.6 Å². The summed E-state index contributed by atoms with van der Waals surface area (Å²) in [5.74, 6) is -8.55. The van der Waals surface area contributed by atoms with Gasteiger partial charge in [-0.15, -0.1) is 0 Å². The van der Waals surface area contributed by atoms with Gasteiger partial charge in [0.2, 0.25) is 0 Å². The molecule has 0 bridgehead atoms. The lowest BCUT2D eigenvalue weighted by Crippen LogP contribution is -2.49. The molecule has 1 fully saturated rings. The second kappa shape index (κ2) is 3.15. The molecule has 0 aromatic heterocycles. The fourth-order valence-electron chi connectivity index (χ4n) is 1.46. The van der Waals surface area contributed by atoms with Gasteiger partial charge < -0.3 is 0 Å². The highest BCUT2D eigenvalue weighted by molar-refractivity contribution is 4.97. The highest BCUT2D eigenvalue weighted by atomic mass is 16.8. The zero-order valence-corrected chi connectivity index (χ0v) is 7.77. The van der Waals surface area contributed by atoms with Crippen molar-refractivity contribution >= 4 is 0 Å². The van der Waals surface area contributed by atoms with Crippen LogP contribution < -0.4 is 0 Å². The van der Waals surface area contributed by atoms with Gasteiger partial charge in [0, 0.05) is 0 Å². The van der Waals surface area contributed by atoms with Crippen LogP contribution in [0.15, 0.2) is 0 Å². The maximum absolute atomic E-state index is 10.5. The van der Waals surface area contributed by atoms with E-state index in [0.29, 0.717) is 0 Å². The van der Waals surface area contributed by atoms with E-state index in [0.717, 1.165) is 0 Å². The molecule has 0 aliphatic carbocycles. The number of nitrogens with zero attached hydrogens (tertiary/aromatic N) is 6. The van der Waals surface area contributed by atoms with Crippen molar-refractivity contribution in [3.8, 4) is 0 Å². The van der Waals surface area contributed by atoms with E-state index >= 15 is 0 Å². The third-order valence-corrected chi connectivity index (χ3v) is 2.17. The molecule has 0 atom stereocenters. The molecule has 18 heavy (non-hydrogen) atoms. The molecule has 0 N–H and O–H groups in total. The molecule has 1 aliphatic rings. The Morgan fingerprint density at radius 1 is 0.611 bits per heavy atom. The van der Waals surface area contributed by atoms with Crippen molar-refractivity contribution in [3.05, 3.63) is 50.6 Å². The Morgan fingerprint density at radius 3 is 0.889 bits per heavy atom. The second-order valence-electron chi connectivity index (χ2n) is 2.85. The SMILES string of the molecule is O=[N+]([O-])N1C([N+](=O)[O-])([N+](=O)[O-])C1([N+](=O)[O-])[N+](=O)[O-]. The van der Waals surface area contributed by atoms with Crippen LogP contribution >= 0.6 is 0 Å². The summed E-state index contributed by atoms with van der Waals surface area (Å²) in [6.07, 6.45) is 0. The summed E-state index contributed by atoms with van der Waals surface area (Å²) in [6.45, 7) is 0. The first-order valence-corrected chi connectivity index (χ1v) is 3.62. The number of rotatable bonds is 5. The summed E-state index contributed by atoms with van der Waals surface area (Å²) in [4.78, 5) is 44.0. The van der Waals surface area contributed by atoms with Crippen molar-refractivity contribution in [2.24, 2.45) is 0 Å². The third-order valence-electron chi connectivity index (χ3n) is 2.17. The lowest BCUT2D eigenvalue weighted by atomic mass is 10.4. The smallest absolute Gasteiger partial charge is 0.256 e. The Labute approximate surface area is 93.1 Å². The van der Waals surface area contributed by atoms with Crippen LogP contribution in [0.25, 0.3) is 0 Å². The average molecular weight is 268 g/mol. The predicted molar refractivity (Wildman–Crippen MR) is 42.3 cm³/mol. The third kappa shape index (κ3) is 0.929. The Hall–Kier alpha value is -3.20. The summed E-state index contributed by atoms with van der Waals surface area (Å²) < 4.78 is 0. The van der Waals surface area contributed by atoms with E-state index in [1.54, 1.807) is 0 Å². The van der Waals surface area contributed by atoms with Gasteiger partial charge in [-0.3, -0.25) is 40.5 Å². The Kier molecular flexibility index (Phi) is 2.25. The molecule has 16 nitrogen and oxygen atoms in total. The normalized spacial score (nSPS) is 18.8. The molecule has 0 saturated carbocycles. The van der Waals surface area contributed by atoms with Gasteiger partial charge in [-0.25, -0.2) is 10.1 Å². The maximum Gasteiger partial charge on any atom is 0.776 e. The summed E-state index contributed by atoms with van der Waals surface area (Å²) in [5, 5.41) is 49.0. The maximum atomic E-state index is 10.5. The van der Waals surface area contributed by atoms with Crippen molar-refractivity contribution in [2.45, 2.75) is 11.6 Å². The van der Waals surface area contributed by atoms with Crippen molar-refractivity contribution in [1.82, 2.24) is 5.01 Å². The molecular weight excluding hydrogens is 268 g/mol. The van der Waals surface area contributed by atoms with E-state index in [2.05, 4.69) is 0 Å². The van der Waals surface area contributed by atoms with Crippen LogP contribution in [-0.4, -0.2) is 41.3 Å². The van der Waals surface area contributed by atoms with E-state index in [1.165, 1.54) is 0 Å². The van der Waals surface area contributed by atoms with Gasteiger partial charge in [0.15, 0.2) is 10.0 Å². The minimum absolute atomic E-state index is 1.24. The first kappa shape index (κ1) is 12.9. The van der Waals surface area contributed by atoms with Gasteiger partial charge in [-0.1, -0.05) is 0 Å². The van der Waals surface area contributed by atoms with Crippen molar-refractivity contribution < 1.29 is 24.7 Å². The molecule has 1 saturated heterocycles. The molecular formula is C2N6O10. The Balaban J connectivity index is 3.66. The average Bonchev–Trinajstić information content (AvgIpc) is 2.83. The van der Waals surface area contributed by atoms with E-state index in [4.69, 9.17) is 0 Å². The molecule has 0 aromatic rings. The van der Waals surface area contributed by atoms with Crippen molar-refractivity contribution in [1.29, 1.82) is 0 Å². The molecule has 16 heteroatoms. The van der Waals surface area contributed by atoms with Crippen LogP contribution in [0.3, 0.4) is 0 Å². The molecule has 0 amide bonds. The molecule has 1 rings (SSSR count). The highest BCUT2D eigenvalue weighted by Crippen LogP contribution is 2.53. The van der Waals surface area contributed by atoms with Crippen LogP contribution in [0.2, 0.25) is 0 Å². The number of hydrazine groups is 1. The number of hydrogen-bond donors (Lipinski definition) is 0. The Morgan fingerprint density at radius 2 is 0.833 bits per heavy atom. The molecule has 0 aromatic carbocycles. The fourth-order valence-corrected chi connectivity index (χ4v) is 1.46. The zero-order valence-electron chi connectivity index (χ0n) is 7.77. The van der Waals surface area contributed by atoms with Gasteiger partial charge in [-0.2, -0.15) is 0 Å². The molecule has 0 spiro atoms. The summed E-state index contributed by atoms with van der Waals surface area (Å²) in [6, 6.07) is 0. The monoisotopic (exact) mass is 268 g/mol. The highest BCUT2D eigenvalue weighted by Gasteiger charge is 3.27. The number of nitro groups is 5. The summed E-state index contributed by atoms with van der Waals surface area (Å²) >= 11 is 0. The molecule has 1 aliphatic heterocycles. The predicted octanol–water partition coefficient (Wildman–Crippen LogP) is -2.09. The van der Waals surface area contributed by atoms with E-state index in [1.807, 2.05) is 0 Å². The lowest BCUT2D eigenvalue weighted by molar-refractivity contribution is -0.864. The zero-order chi connectivity index (χ0) is 14.5.